The van der Waals surface area contributed by atoms with Crippen LogP contribution in [0.25, 0.3) is 0 Å². The Bertz CT molecular complexity index is 402. The molecule has 0 aliphatic carbocycles. The lowest BCUT2D eigenvalue weighted by atomic mass is 10.3. The summed E-state index contributed by atoms with van der Waals surface area (Å²) in [5, 5.41) is 1.35. The zero-order valence-corrected chi connectivity index (χ0v) is 10.9. The van der Waals surface area contributed by atoms with Crippen LogP contribution in [0.2, 0.25) is 0 Å². The topological polar surface area (TPSA) is 127 Å². The lowest BCUT2D eigenvalue weighted by Gasteiger charge is -2.10. The fraction of sp³-hybridized carbons (Fsp3) is 0.400. The first-order valence-electron chi connectivity index (χ1n) is 4.97. The van der Waals surface area contributed by atoms with Gasteiger partial charge in [-0.05, 0) is 18.6 Å². The minimum absolute atomic E-state index is 0.0970. The lowest BCUT2D eigenvalue weighted by molar-refractivity contribution is -0.116. The predicted octanol–water partition coefficient (Wildman–Crippen LogP) is -0.387. The third kappa shape index (κ3) is 10.8. The van der Waals surface area contributed by atoms with Gasteiger partial charge in [-0.3, -0.25) is 14.1 Å². The molecule has 0 aromatic heterocycles. The highest BCUT2D eigenvalue weighted by Gasteiger charge is 2.20. The van der Waals surface area contributed by atoms with Crippen LogP contribution in [0, 0.1) is 0 Å². The fourth-order valence-electron chi connectivity index (χ4n) is 0.747. The number of primary amides is 1. The van der Waals surface area contributed by atoms with Gasteiger partial charge >= 0.3 is 0 Å². The largest absolute Gasteiger partial charge is 0.366 e. The third-order valence-electron chi connectivity index (χ3n) is 1.77. The summed E-state index contributed by atoms with van der Waals surface area (Å²) >= 11 is 0. The van der Waals surface area contributed by atoms with Crippen LogP contribution in [0.5, 0.6) is 0 Å². The van der Waals surface area contributed by atoms with Gasteiger partial charge < -0.3 is 11.1 Å². The van der Waals surface area contributed by atoms with Gasteiger partial charge in [-0.1, -0.05) is 20.1 Å². The van der Waals surface area contributed by atoms with E-state index in [1.807, 2.05) is 0 Å². The van der Waals surface area contributed by atoms with Crippen molar-refractivity contribution < 1.29 is 22.6 Å². The lowest BCUT2D eigenvalue weighted by Crippen LogP contribution is -2.35. The van der Waals surface area contributed by atoms with Gasteiger partial charge in [0, 0.05) is 6.54 Å². The standard InChI is InChI=1S/C7H13NO4S.C3H5NO/c1-3-6(13(10,11)12)5-8-7(9)4-2;1-2-3(4)5/h4,6H,2-3,5H2,1H3,(H,8,9)(H,10,11,12);2H,1H2,(H2,4,5). The van der Waals surface area contributed by atoms with Crippen LogP contribution >= 0.6 is 0 Å². The molecule has 0 rings (SSSR count). The van der Waals surface area contributed by atoms with Crippen LogP contribution < -0.4 is 11.1 Å². The quantitative estimate of drug-likeness (QED) is 0.450. The van der Waals surface area contributed by atoms with Gasteiger partial charge in [-0.2, -0.15) is 8.42 Å². The molecule has 0 heterocycles. The Hall–Kier alpha value is -1.67. The molecule has 0 aromatic rings. The average Bonchev–Trinajstić information content (AvgIpc) is 2.28. The molecule has 0 spiro atoms. The second-order valence-corrected chi connectivity index (χ2v) is 4.80. The van der Waals surface area contributed by atoms with E-state index in [4.69, 9.17) is 4.55 Å². The summed E-state index contributed by atoms with van der Waals surface area (Å²) in [5.41, 5.74) is 4.53. The number of rotatable bonds is 6. The number of carbonyl (C=O) groups is 2. The monoisotopic (exact) mass is 278 g/mol. The first-order valence-corrected chi connectivity index (χ1v) is 6.47. The number of hydrogen-bond donors (Lipinski definition) is 3. The zero-order chi connectivity index (χ0) is 14.8. The van der Waals surface area contributed by atoms with E-state index < -0.39 is 27.2 Å². The summed E-state index contributed by atoms with van der Waals surface area (Å²) in [6, 6.07) is 0. The van der Waals surface area contributed by atoms with E-state index in [-0.39, 0.29) is 13.0 Å². The van der Waals surface area contributed by atoms with E-state index in [2.05, 4.69) is 24.2 Å². The summed E-state index contributed by atoms with van der Waals surface area (Å²) < 4.78 is 29.9. The van der Waals surface area contributed by atoms with Gasteiger partial charge in [-0.15, -0.1) is 0 Å². The number of nitrogens with one attached hydrogen (secondary N) is 1. The first-order chi connectivity index (χ1) is 8.18. The molecule has 0 aromatic carbocycles. The van der Waals surface area contributed by atoms with Crippen molar-refractivity contribution in [2.45, 2.75) is 18.6 Å². The third-order valence-corrected chi connectivity index (χ3v) is 3.11. The van der Waals surface area contributed by atoms with E-state index in [0.29, 0.717) is 0 Å². The van der Waals surface area contributed by atoms with Crippen LogP contribution in [0.1, 0.15) is 13.3 Å². The van der Waals surface area contributed by atoms with Crippen LogP contribution in [0.3, 0.4) is 0 Å². The molecule has 2 amide bonds. The highest BCUT2D eigenvalue weighted by Crippen LogP contribution is 2.01. The molecule has 0 saturated heterocycles. The summed E-state index contributed by atoms with van der Waals surface area (Å²) in [6.07, 6.45) is 2.34. The summed E-state index contributed by atoms with van der Waals surface area (Å²) in [6.45, 7) is 7.80. The van der Waals surface area contributed by atoms with Gasteiger partial charge in [0.05, 0.1) is 0 Å². The highest BCUT2D eigenvalue weighted by molar-refractivity contribution is 7.86. The maximum atomic E-state index is 10.7. The SMILES string of the molecule is C=CC(=O)NCC(CC)S(=O)(=O)O.C=CC(N)=O. The maximum Gasteiger partial charge on any atom is 0.269 e. The average molecular weight is 278 g/mol. The molecular weight excluding hydrogens is 260 g/mol. The Labute approximate surface area is 106 Å². The smallest absolute Gasteiger partial charge is 0.269 e. The molecule has 0 aliphatic rings. The van der Waals surface area contributed by atoms with Crippen molar-refractivity contribution in [2.75, 3.05) is 6.54 Å². The van der Waals surface area contributed by atoms with Crippen LogP contribution in [-0.4, -0.2) is 36.6 Å². The summed E-state index contributed by atoms with van der Waals surface area (Å²) in [5.74, 6) is -0.938. The second-order valence-electron chi connectivity index (χ2n) is 3.10. The van der Waals surface area contributed by atoms with Crippen molar-refractivity contribution in [1.29, 1.82) is 0 Å². The molecule has 7 nitrogen and oxygen atoms in total. The molecule has 0 aliphatic heterocycles. The van der Waals surface area contributed by atoms with Crippen molar-refractivity contribution in [3.8, 4) is 0 Å². The number of hydrogen-bond acceptors (Lipinski definition) is 4. The molecule has 18 heavy (non-hydrogen) atoms. The van der Waals surface area contributed by atoms with E-state index in [0.717, 1.165) is 12.2 Å². The molecular formula is C10H18N2O5S. The maximum absolute atomic E-state index is 10.7. The number of carbonyl (C=O) groups excluding carboxylic acids is 2. The second kappa shape index (κ2) is 9.37. The molecule has 0 radical (unpaired) electrons. The summed E-state index contributed by atoms with van der Waals surface area (Å²) in [4.78, 5) is 20.1. The highest BCUT2D eigenvalue weighted by atomic mass is 32.2. The van der Waals surface area contributed by atoms with E-state index in [1.165, 1.54) is 0 Å². The van der Waals surface area contributed by atoms with Gasteiger partial charge in [0.25, 0.3) is 10.1 Å². The first kappa shape index (κ1) is 18.7. The van der Waals surface area contributed by atoms with Crippen molar-refractivity contribution in [3.05, 3.63) is 25.3 Å². The van der Waals surface area contributed by atoms with Crippen molar-refractivity contribution in [2.24, 2.45) is 5.73 Å². The van der Waals surface area contributed by atoms with Crippen molar-refractivity contribution in [1.82, 2.24) is 5.32 Å². The minimum Gasteiger partial charge on any atom is -0.366 e. The van der Waals surface area contributed by atoms with E-state index in [9.17, 15) is 18.0 Å². The number of nitrogens with two attached hydrogens (primary N) is 1. The predicted molar refractivity (Wildman–Crippen MR) is 68.2 cm³/mol. The molecule has 8 heteroatoms. The molecule has 0 saturated carbocycles. The zero-order valence-electron chi connectivity index (χ0n) is 10.1. The summed E-state index contributed by atoms with van der Waals surface area (Å²) in [7, 11) is -4.07. The van der Waals surface area contributed by atoms with Gasteiger partial charge in [0.2, 0.25) is 11.8 Å². The van der Waals surface area contributed by atoms with Crippen molar-refractivity contribution in [3.63, 3.8) is 0 Å². The molecule has 1 atom stereocenters. The fourth-order valence-corrected chi connectivity index (χ4v) is 1.46. The van der Waals surface area contributed by atoms with Gasteiger partial charge in [-0.25, -0.2) is 0 Å². The van der Waals surface area contributed by atoms with Crippen LogP contribution in [0.15, 0.2) is 25.3 Å². The Morgan fingerprint density at radius 2 is 1.83 bits per heavy atom. The normalized spacial score (nSPS) is 11.4. The Kier molecular flexibility index (Phi) is 9.73. The molecule has 104 valence electrons. The molecule has 0 bridgehead atoms. The molecule has 0 fully saturated rings. The Morgan fingerprint density at radius 3 is 2.06 bits per heavy atom. The van der Waals surface area contributed by atoms with E-state index >= 15 is 0 Å². The molecule has 1 unspecified atom stereocenters. The van der Waals surface area contributed by atoms with Gasteiger partial charge in [0.1, 0.15) is 5.25 Å². The van der Waals surface area contributed by atoms with Crippen LogP contribution in [-0.2, 0) is 19.7 Å². The number of amides is 2. The molecule has 4 N–H and O–H groups in total. The van der Waals surface area contributed by atoms with Crippen molar-refractivity contribution >= 4 is 21.9 Å². The Morgan fingerprint density at radius 1 is 1.39 bits per heavy atom. The van der Waals surface area contributed by atoms with Crippen LogP contribution in [0.4, 0.5) is 0 Å². The van der Waals surface area contributed by atoms with E-state index in [1.54, 1.807) is 6.92 Å². The minimum atomic E-state index is -4.07. The Balaban J connectivity index is 0. The van der Waals surface area contributed by atoms with Gasteiger partial charge in [0.15, 0.2) is 0 Å².